The number of nitro groups is 1. The van der Waals surface area contributed by atoms with E-state index >= 15 is 0 Å². The number of rotatable bonds is 9. The first-order chi connectivity index (χ1) is 22.7. The Morgan fingerprint density at radius 1 is 1.04 bits per heavy atom. The van der Waals surface area contributed by atoms with Crippen molar-refractivity contribution >= 4 is 34.8 Å². The lowest BCUT2D eigenvalue weighted by atomic mass is 9.93. The molecule has 12 heteroatoms. The number of esters is 1. The van der Waals surface area contributed by atoms with Crippen LogP contribution in [0, 0.1) is 17.0 Å². The van der Waals surface area contributed by atoms with Crippen LogP contribution >= 0.6 is 11.3 Å². The average molecular weight is 652 g/mol. The van der Waals surface area contributed by atoms with Crippen LogP contribution in [0.5, 0.6) is 11.5 Å². The Labute approximate surface area is 272 Å². The molecule has 47 heavy (non-hydrogen) atoms. The summed E-state index contributed by atoms with van der Waals surface area (Å²) in [6.07, 6.45) is 1.56. The van der Waals surface area contributed by atoms with Gasteiger partial charge in [0.1, 0.15) is 11.5 Å². The molecule has 1 aliphatic rings. The molecule has 0 fully saturated rings. The Hall–Kier alpha value is -5.75. The van der Waals surface area contributed by atoms with Gasteiger partial charge in [0.15, 0.2) is 16.3 Å². The second kappa shape index (κ2) is 12.9. The molecule has 3 heterocycles. The van der Waals surface area contributed by atoms with Gasteiger partial charge in [-0.05, 0) is 55.3 Å². The smallest absolute Gasteiger partial charge is 0.338 e. The van der Waals surface area contributed by atoms with Crippen LogP contribution in [0.25, 0.3) is 23.1 Å². The zero-order valence-corrected chi connectivity index (χ0v) is 26.7. The van der Waals surface area contributed by atoms with Crippen LogP contribution in [0.4, 0.5) is 5.69 Å². The van der Waals surface area contributed by atoms with Crippen LogP contribution < -0.4 is 24.4 Å². The standard InChI is InChI=1S/C35H29N3O8S/c1-5-45-34(40)30-31(21-9-7-6-8-10-21)36-35-37(32(30)22-12-15-27(43-3)28(18-22)44-4)33(39)29(47-35)19-23-13-16-26(46-23)24-14-11-20(2)17-25(24)38(41)42/h6-19,32H,5H2,1-4H3/b29-19-. The molecule has 2 aromatic heterocycles. The van der Waals surface area contributed by atoms with Crippen molar-refractivity contribution in [2.45, 2.75) is 19.9 Å². The van der Waals surface area contributed by atoms with Gasteiger partial charge in [0.2, 0.25) is 0 Å². The minimum atomic E-state index is -0.926. The molecular weight excluding hydrogens is 622 g/mol. The van der Waals surface area contributed by atoms with E-state index in [2.05, 4.69) is 0 Å². The van der Waals surface area contributed by atoms with E-state index in [1.54, 1.807) is 62.4 Å². The Morgan fingerprint density at radius 3 is 2.51 bits per heavy atom. The number of hydrogen-bond acceptors (Lipinski definition) is 10. The Balaban J connectivity index is 1.57. The molecular formula is C35H29N3O8S. The highest BCUT2D eigenvalue weighted by Gasteiger charge is 2.35. The number of fused-ring (bicyclic) bond motifs is 1. The predicted octanol–water partition coefficient (Wildman–Crippen LogP) is 5.43. The number of nitrogens with zero attached hydrogens (tertiary/aromatic N) is 3. The number of thiazole rings is 1. The van der Waals surface area contributed by atoms with Gasteiger partial charge in [0.25, 0.3) is 11.2 Å². The van der Waals surface area contributed by atoms with Crippen molar-refractivity contribution in [3.8, 4) is 22.8 Å². The summed E-state index contributed by atoms with van der Waals surface area (Å²) >= 11 is 1.13. The number of ether oxygens (including phenoxy) is 3. The van der Waals surface area contributed by atoms with Gasteiger partial charge >= 0.3 is 5.97 Å². The zero-order chi connectivity index (χ0) is 33.2. The predicted molar refractivity (Wildman–Crippen MR) is 176 cm³/mol. The molecule has 0 spiro atoms. The lowest BCUT2D eigenvalue weighted by Crippen LogP contribution is -2.40. The van der Waals surface area contributed by atoms with Gasteiger partial charge in [-0.25, -0.2) is 9.79 Å². The zero-order valence-electron chi connectivity index (χ0n) is 25.9. The molecule has 0 amide bonds. The van der Waals surface area contributed by atoms with Crippen molar-refractivity contribution < 1.29 is 28.3 Å². The van der Waals surface area contributed by atoms with E-state index in [0.717, 1.165) is 16.9 Å². The average Bonchev–Trinajstić information content (AvgIpc) is 3.67. The highest BCUT2D eigenvalue weighted by atomic mass is 32.1. The monoisotopic (exact) mass is 651 g/mol. The lowest BCUT2D eigenvalue weighted by molar-refractivity contribution is -0.384. The maximum Gasteiger partial charge on any atom is 0.338 e. The molecule has 0 radical (unpaired) electrons. The summed E-state index contributed by atoms with van der Waals surface area (Å²) in [7, 11) is 3.03. The van der Waals surface area contributed by atoms with Crippen molar-refractivity contribution in [1.82, 2.24) is 4.57 Å². The highest BCUT2D eigenvalue weighted by Crippen LogP contribution is 2.38. The molecule has 0 N–H and O–H groups in total. The summed E-state index contributed by atoms with van der Waals surface area (Å²) in [4.78, 5) is 44.4. The van der Waals surface area contributed by atoms with E-state index in [9.17, 15) is 19.7 Å². The van der Waals surface area contributed by atoms with Crippen LogP contribution in [-0.4, -0.2) is 36.3 Å². The summed E-state index contributed by atoms with van der Waals surface area (Å²) in [5, 5.41) is 11.7. The molecule has 3 aromatic carbocycles. The number of methoxy groups -OCH3 is 2. The van der Waals surface area contributed by atoms with Crippen LogP contribution in [0.1, 0.15) is 35.4 Å². The minimum absolute atomic E-state index is 0.0832. The molecule has 1 aliphatic heterocycles. The molecule has 238 valence electrons. The molecule has 11 nitrogen and oxygen atoms in total. The number of aryl methyl sites for hydroxylation is 1. The van der Waals surface area contributed by atoms with Crippen molar-refractivity contribution in [2.75, 3.05) is 20.8 Å². The van der Waals surface area contributed by atoms with Crippen molar-refractivity contribution in [1.29, 1.82) is 0 Å². The summed E-state index contributed by atoms with van der Waals surface area (Å²) < 4.78 is 24.3. The molecule has 6 rings (SSSR count). The van der Waals surface area contributed by atoms with Gasteiger partial charge in [-0.15, -0.1) is 0 Å². The number of furan rings is 1. The fourth-order valence-electron chi connectivity index (χ4n) is 5.48. The third-order valence-corrected chi connectivity index (χ3v) is 8.60. The number of aromatic nitrogens is 1. The maximum absolute atomic E-state index is 14.2. The molecule has 0 saturated heterocycles. The third-order valence-electron chi connectivity index (χ3n) is 7.61. The van der Waals surface area contributed by atoms with Gasteiger partial charge < -0.3 is 18.6 Å². The van der Waals surface area contributed by atoms with Crippen LogP contribution in [0.3, 0.4) is 0 Å². The fraction of sp³-hybridized carbons (Fsp3) is 0.171. The largest absolute Gasteiger partial charge is 0.493 e. The first-order valence-corrected chi connectivity index (χ1v) is 15.4. The van der Waals surface area contributed by atoms with E-state index in [0.29, 0.717) is 44.4 Å². The molecule has 0 saturated carbocycles. The second-order valence-electron chi connectivity index (χ2n) is 10.5. The SMILES string of the molecule is CCOC(=O)C1=C(c2ccccc2)N=c2s/c(=C\c3ccc(-c4ccc(C)cc4[N+](=O)[O-])o3)c(=O)n2C1c1ccc(OC)c(OC)c1. The van der Waals surface area contributed by atoms with Crippen molar-refractivity contribution in [3.05, 3.63) is 137 Å². The molecule has 0 bridgehead atoms. The second-order valence-corrected chi connectivity index (χ2v) is 11.5. The summed E-state index contributed by atoms with van der Waals surface area (Å²) in [6.45, 7) is 3.60. The number of nitro benzene ring substituents is 1. The summed E-state index contributed by atoms with van der Waals surface area (Å²) in [5.41, 5.74) is 2.39. The van der Waals surface area contributed by atoms with Crippen molar-refractivity contribution in [2.24, 2.45) is 4.99 Å². The first-order valence-electron chi connectivity index (χ1n) is 14.6. The number of benzene rings is 3. The van der Waals surface area contributed by atoms with Gasteiger partial charge in [-0.1, -0.05) is 53.8 Å². The Morgan fingerprint density at radius 2 is 1.81 bits per heavy atom. The van der Waals surface area contributed by atoms with E-state index in [1.165, 1.54) is 24.9 Å². The molecule has 0 aliphatic carbocycles. The van der Waals surface area contributed by atoms with Crippen LogP contribution in [-0.2, 0) is 9.53 Å². The number of carbonyl (C=O) groups excluding carboxylic acids is 1. The van der Waals surface area contributed by atoms with Gasteiger partial charge in [-0.3, -0.25) is 19.5 Å². The maximum atomic E-state index is 14.2. The molecule has 1 atom stereocenters. The summed E-state index contributed by atoms with van der Waals surface area (Å²) in [5.74, 6) is 0.892. The highest BCUT2D eigenvalue weighted by molar-refractivity contribution is 7.07. The van der Waals surface area contributed by atoms with Gasteiger partial charge in [-0.2, -0.15) is 0 Å². The van der Waals surface area contributed by atoms with E-state index < -0.39 is 22.5 Å². The minimum Gasteiger partial charge on any atom is -0.493 e. The van der Waals surface area contributed by atoms with E-state index in [4.69, 9.17) is 23.6 Å². The van der Waals surface area contributed by atoms with E-state index in [-0.39, 0.29) is 28.2 Å². The Kier molecular flexibility index (Phi) is 8.59. The quantitative estimate of drug-likeness (QED) is 0.117. The lowest BCUT2D eigenvalue weighted by Gasteiger charge is -2.26. The molecule has 5 aromatic rings. The topological polar surface area (TPSA) is 135 Å². The van der Waals surface area contributed by atoms with Crippen LogP contribution in [0.15, 0.2) is 98.6 Å². The number of hydrogen-bond donors (Lipinski definition) is 0. The van der Waals surface area contributed by atoms with Gasteiger partial charge in [0, 0.05) is 17.7 Å². The van der Waals surface area contributed by atoms with Crippen LogP contribution in [0.2, 0.25) is 0 Å². The van der Waals surface area contributed by atoms with E-state index in [1.807, 2.05) is 30.3 Å². The van der Waals surface area contributed by atoms with Crippen molar-refractivity contribution in [3.63, 3.8) is 0 Å². The normalized spacial score (nSPS) is 14.4. The fourth-order valence-corrected chi connectivity index (χ4v) is 6.47. The molecule has 1 unspecified atom stereocenters. The summed E-state index contributed by atoms with van der Waals surface area (Å²) in [6, 6.07) is 21.6. The Bertz CT molecular complexity index is 2230. The first kappa shape index (κ1) is 31.2. The number of carbonyl (C=O) groups is 1. The van der Waals surface area contributed by atoms with Gasteiger partial charge in [0.05, 0.1) is 53.2 Å². The third kappa shape index (κ3) is 5.86.